The summed E-state index contributed by atoms with van der Waals surface area (Å²) in [5.41, 5.74) is 6.56. The van der Waals surface area contributed by atoms with Crippen molar-refractivity contribution in [3.05, 3.63) is 17.6 Å². The number of hydrogen-bond acceptors (Lipinski definition) is 4. The Morgan fingerprint density at radius 3 is 2.77 bits per heavy atom. The molecule has 0 atom stereocenters. The van der Waals surface area contributed by atoms with Crippen LogP contribution in [0.15, 0.2) is 6.07 Å². The number of aromatic nitrogens is 2. The van der Waals surface area contributed by atoms with Gasteiger partial charge >= 0.3 is 0 Å². The number of nitrogens with two attached hydrogens (primary N) is 1. The third kappa shape index (κ3) is 2.99. The van der Waals surface area contributed by atoms with Gasteiger partial charge in [-0.2, -0.15) is 0 Å². The van der Waals surface area contributed by atoms with Crippen LogP contribution in [0.25, 0.3) is 0 Å². The molecule has 1 aromatic heterocycles. The third-order valence-electron chi connectivity index (χ3n) is 1.64. The molecule has 0 aromatic carbocycles. The molecule has 13 heavy (non-hydrogen) atoms. The monoisotopic (exact) mass is 181 g/mol. The van der Waals surface area contributed by atoms with Gasteiger partial charge in [0.05, 0.1) is 0 Å². The van der Waals surface area contributed by atoms with Gasteiger partial charge in [-0.05, 0) is 13.3 Å². The first-order chi connectivity index (χ1) is 6.26. The van der Waals surface area contributed by atoms with Crippen LogP contribution in [-0.4, -0.2) is 16.6 Å². The molecular weight excluding hydrogens is 166 g/mol. The lowest BCUT2D eigenvalue weighted by Crippen LogP contribution is -2.04. The van der Waals surface area contributed by atoms with Gasteiger partial charge in [0.15, 0.2) is 5.82 Å². The first-order valence-corrected chi connectivity index (χ1v) is 4.46. The van der Waals surface area contributed by atoms with Gasteiger partial charge in [0.2, 0.25) is 0 Å². The number of rotatable bonds is 4. The Hall–Kier alpha value is -1.16. The Labute approximate surface area is 78.1 Å². The molecule has 0 saturated carbocycles. The lowest BCUT2D eigenvalue weighted by atomic mass is 10.3. The quantitative estimate of drug-likeness (QED) is 0.757. The predicted octanol–water partition coefficient (Wildman–Crippen LogP) is 1.16. The van der Waals surface area contributed by atoms with E-state index in [1.165, 1.54) is 0 Å². The first-order valence-electron chi connectivity index (χ1n) is 4.46. The molecule has 4 heteroatoms. The molecule has 0 amide bonds. The van der Waals surface area contributed by atoms with Gasteiger partial charge in [-0.25, -0.2) is 9.97 Å². The summed E-state index contributed by atoms with van der Waals surface area (Å²) in [7, 11) is 0. The maximum absolute atomic E-state index is 5.60. The minimum absolute atomic E-state index is 0.439. The van der Waals surface area contributed by atoms with Crippen molar-refractivity contribution in [2.75, 3.05) is 12.3 Å². The van der Waals surface area contributed by atoms with Gasteiger partial charge in [0.25, 0.3) is 0 Å². The lowest BCUT2D eigenvalue weighted by Gasteiger charge is -2.03. The zero-order valence-electron chi connectivity index (χ0n) is 8.08. The molecule has 0 aliphatic rings. The first kappa shape index (κ1) is 9.92. The molecule has 0 spiro atoms. The molecule has 0 radical (unpaired) electrons. The smallest absolute Gasteiger partial charge is 0.156 e. The highest BCUT2D eigenvalue weighted by molar-refractivity contribution is 5.29. The van der Waals surface area contributed by atoms with E-state index in [9.17, 15) is 0 Å². The normalized spacial score (nSPS) is 10.3. The summed E-state index contributed by atoms with van der Waals surface area (Å²) in [5.74, 6) is 1.18. The molecule has 0 fully saturated rings. The fourth-order valence-corrected chi connectivity index (χ4v) is 1.01. The number of anilines is 1. The van der Waals surface area contributed by atoms with Crippen LogP contribution < -0.4 is 5.73 Å². The van der Waals surface area contributed by atoms with Crippen LogP contribution in [0.5, 0.6) is 0 Å². The van der Waals surface area contributed by atoms with E-state index in [0.29, 0.717) is 24.9 Å². The highest BCUT2D eigenvalue weighted by atomic mass is 16.5. The SMILES string of the molecule is CCOCc1nc(N)cc(CC)n1. The van der Waals surface area contributed by atoms with Gasteiger partial charge in [0, 0.05) is 18.4 Å². The number of ether oxygens (including phenoxy) is 1. The molecule has 0 aliphatic heterocycles. The number of aryl methyl sites for hydroxylation is 1. The molecule has 4 nitrogen and oxygen atoms in total. The summed E-state index contributed by atoms with van der Waals surface area (Å²) in [6.07, 6.45) is 0.867. The standard InChI is InChI=1S/C9H15N3O/c1-3-7-5-8(10)12-9(11-7)6-13-4-2/h5H,3-4,6H2,1-2H3,(H2,10,11,12). The second-order valence-corrected chi connectivity index (χ2v) is 2.69. The van der Waals surface area contributed by atoms with Gasteiger partial charge in [-0.15, -0.1) is 0 Å². The van der Waals surface area contributed by atoms with Gasteiger partial charge in [-0.1, -0.05) is 6.92 Å². The van der Waals surface area contributed by atoms with Crippen LogP contribution >= 0.6 is 0 Å². The summed E-state index contributed by atoms with van der Waals surface area (Å²) in [4.78, 5) is 8.33. The summed E-state index contributed by atoms with van der Waals surface area (Å²) < 4.78 is 5.19. The zero-order valence-corrected chi connectivity index (χ0v) is 8.08. The van der Waals surface area contributed by atoms with Crippen molar-refractivity contribution in [2.45, 2.75) is 26.9 Å². The molecule has 1 aromatic rings. The van der Waals surface area contributed by atoms with Crippen molar-refractivity contribution >= 4 is 5.82 Å². The van der Waals surface area contributed by atoms with Crippen molar-refractivity contribution in [3.8, 4) is 0 Å². The fourth-order valence-electron chi connectivity index (χ4n) is 1.01. The third-order valence-corrected chi connectivity index (χ3v) is 1.64. The number of nitrogen functional groups attached to an aromatic ring is 1. The van der Waals surface area contributed by atoms with E-state index in [0.717, 1.165) is 12.1 Å². The van der Waals surface area contributed by atoms with Crippen molar-refractivity contribution in [1.29, 1.82) is 0 Å². The summed E-state index contributed by atoms with van der Waals surface area (Å²) in [5, 5.41) is 0. The topological polar surface area (TPSA) is 61.0 Å². The van der Waals surface area contributed by atoms with Crippen LogP contribution in [-0.2, 0) is 17.8 Å². The van der Waals surface area contributed by atoms with E-state index >= 15 is 0 Å². The Morgan fingerprint density at radius 1 is 1.38 bits per heavy atom. The van der Waals surface area contributed by atoms with Crippen LogP contribution in [0.4, 0.5) is 5.82 Å². The van der Waals surface area contributed by atoms with E-state index < -0.39 is 0 Å². The Bertz CT molecular complexity index is 276. The van der Waals surface area contributed by atoms with Gasteiger partial charge in [-0.3, -0.25) is 0 Å². The summed E-state index contributed by atoms with van der Waals surface area (Å²) in [6, 6.07) is 1.79. The highest BCUT2D eigenvalue weighted by Crippen LogP contribution is 2.04. The van der Waals surface area contributed by atoms with E-state index in [4.69, 9.17) is 10.5 Å². The molecule has 1 rings (SSSR count). The van der Waals surface area contributed by atoms with Crippen LogP contribution in [0.1, 0.15) is 25.4 Å². The molecule has 72 valence electrons. The van der Waals surface area contributed by atoms with Crippen molar-refractivity contribution in [2.24, 2.45) is 0 Å². The predicted molar refractivity (Wildman–Crippen MR) is 51.2 cm³/mol. The molecule has 0 unspecified atom stereocenters. The van der Waals surface area contributed by atoms with Crippen LogP contribution in [0, 0.1) is 0 Å². The average molecular weight is 181 g/mol. The molecule has 0 bridgehead atoms. The van der Waals surface area contributed by atoms with Crippen molar-refractivity contribution in [3.63, 3.8) is 0 Å². The van der Waals surface area contributed by atoms with Crippen LogP contribution in [0.2, 0.25) is 0 Å². The maximum atomic E-state index is 5.60. The summed E-state index contributed by atoms with van der Waals surface area (Å²) in [6.45, 7) is 5.08. The highest BCUT2D eigenvalue weighted by Gasteiger charge is 2.00. The second-order valence-electron chi connectivity index (χ2n) is 2.69. The minimum atomic E-state index is 0.439. The van der Waals surface area contributed by atoms with E-state index in [1.807, 2.05) is 13.8 Å². The van der Waals surface area contributed by atoms with E-state index in [1.54, 1.807) is 6.07 Å². The number of hydrogen-bond donors (Lipinski definition) is 1. The molecular formula is C9H15N3O. The molecule has 1 heterocycles. The zero-order chi connectivity index (χ0) is 9.68. The Balaban J connectivity index is 2.76. The van der Waals surface area contributed by atoms with Gasteiger partial charge in [0.1, 0.15) is 12.4 Å². The molecule has 0 saturated heterocycles. The fraction of sp³-hybridized carbons (Fsp3) is 0.556. The maximum Gasteiger partial charge on any atom is 0.156 e. The van der Waals surface area contributed by atoms with Crippen LogP contribution in [0.3, 0.4) is 0 Å². The van der Waals surface area contributed by atoms with E-state index in [-0.39, 0.29) is 0 Å². The minimum Gasteiger partial charge on any atom is -0.384 e. The number of nitrogens with zero attached hydrogens (tertiary/aromatic N) is 2. The van der Waals surface area contributed by atoms with Crippen molar-refractivity contribution in [1.82, 2.24) is 9.97 Å². The van der Waals surface area contributed by atoms with Crippen molar-refractivity contribution < 1.29 is 4.74 Å². The summed E-state index contributed by atoms with van der Waals surface area (Å²) >= 11 is 0. The Morgan fingerprint density at radius 2 is 2.15 bits per heavy atom. The Kier molecular flexibility index (Phi) is 3.64. The lowest BCUT2D eigenvalue weighted by molar-refractivity contribution is 0.128. The average Bonchev–Trinajstić information content (AvgIpc) is 2.14. The molecule has 0 aliphatic carbocycles. The molecule has 2 N–H and O–H groups in total. The van der Waals surface area contributed by atoms with E-state index in [2.05, 4.69) is 9.97 Å². The largest absolute Gasteiger partial charge is 0.384 e. The van der Waals surface area contributed by atoms with Gasteiger partial charge < -0.3 is 10.5 Å². The second kappa shape index (κ2) is 4.77.